The van der Waals surface area contributed by atoms with Crippen molar-refractivity contribution in [3.63, 3.8) is 0 Å². The van der Waals surface area contributed by atoms with Gasteiger partial charge in [-0.1, -0.05) is 5.16 Å². The van der Waals surface area contributed by atoms with E-state index in [-0.39, 0.29) is 12.5 Å². The predicted molar refractivity (Wildman–Crippen MR) is 108 cm³/mol. The highest BCUT2D eigenvalue weighted by Crippen LogP contribution is 2.32. The fourth-order valence-electron chi connectivity index (χ4n) is 2.21. The van der Waals surface area contributed by atoms with E-state index in [0.29, 0.717) is 36.1 Å². The second kappa shape index (κ2) is 9.21. The number of fused-ring (bicyclic) bond motifs is 1. The van der Waals surface area contributed by atoms with Crippen LogP contribution < -0.4 is 20.1 Å². The molecule has 0 bridgehead atoms. The first-order valence-corrected chi connectivity index (χ1v) is 9.09. The number of carbonyl (C=O) groups excluding carboxylic acids is 2. The Labute approximate surface area is 169 Å². The number of ether oxygens (including phenoxy) is 2. The first-order chi connectivity index (χ1) is 13.1. The standard InChI is InChI=1S/C18H16IN3O5/c19-12-1-3-13(4-2-12)21-18(24)11-27-20-10-17(23)22-14-5-6-15-16(9-14)26-8-7-25-15/h1-6,9-10H,7-8,11H2,(H,21,24)(H,22,23)/b20-10-. The summed E-state index contributed by atoms with van der Waals surface area (Å²) in [5.41, 5.74) is 1.19. The third-order valence-electron chi connectivity index (χ3n) is 3.38. The van der Waals surface area contributed by atoms with E-state index in [2.05, 4.69) is 38.4 Å². The van der Waals surface area contributed by atoms with E-state index in [0.717, 1.165) is 9.78 Å². The number of benzene rings is 2. The lowest BCUT2D eigenvalue weighted by atomic mass is 10.2. The SMILES string of the molecule is O=C(/C=N\OCC(=O)Nc1ccc(I)cc1)Nc1ccc2c(c1)OCCO2. The van der Waals surface area contributed by atoms with Crippen LogP contribution in [0.5, 0.6) is 11.5 Å². The van der Waals surface area contributed by atoms with Gasteiger partial charge in [0.05, 0.1) is 0 Å². The van der Waals surface area contributed by atoms with Crippen molar-refractivity contribution in [3.05, 3.63) is 46.0 Å². The number of carbonyl (C=O) groups is 2. The summed E-state index contributed by atoms with van der Waals surface area (Å²) >= 11 is 2.17. The smallest absolute Gasteiger partial charge is 0.270 e. The Morgan fingerprint density at radius 1 is 1.04 bits per heavy atom. The zero-order chi connectivity index (χ0) is 19.1. The molecular weight excluding hydrogens is 465 g/mol. The Morgan fingerprint density at radius 3 is 2.52 bits per heavy atom. The van der Waals surface area contributed by atoms with Gasteiger partial charge >= 0.3 is 0 Å². The second-order valence-electron chi connectivity index (χ2n) is 5.41. The molecule has 0 saturated carbocycles. The van der Waals surface area contributed by atoms with Gasteiger partial charge < -0.3 is 24.9 Å². The number of hydrogen-bond acceptors (Lipinski definition) is 6. The molecule has 0 fully saturated rings. The van der Waals surface area contributed by atoms with E-state index in [1.54, 1.807) is 30.3 Å². The van der Waals surface area contributed by atoms with E-state index in [1.807, 2.05) is 12.1 Å². The molecule has 0 radical (unpaired) electrons. The zero-order valence-corrected chi connectivity index (χ0v) is 16.3. The van der Waals surface area contributed by atoms with Crippen molar-refractivity contribution in [2.45, 2.75) is 0 Å². The largest absolute Gasteiger partial charge is 0.486 e. The van der Waals surface area contributed by atoms with Gasteiger partial charge in [-0.2, -0.15) is 0 Å². The zero-order valence-electron chi connectivity index (χ0n) is 14.1. The Hall–Kier alpha value is -2.82. The first-order valence-electron chi connectivity index (χ1n) is 8.01. The van der Waals surface area contributed by atoms with E-state index >= 15 is 0 Å². The topological polar surface area (TPSA) is 98.2 Å². The monoisotopic (exact) mass is 481 g/mol. The molecule has 1 heterocycles. The number of hydrogen-bond donors (Lipinski definition) is 2. The van der Waals surface area contributed by atoms with E-state index < -0.39 is 5.91 Å². The number of amides is 2. The number of nitrogens with zero attached hydrogens (tertiary/aromatic N) is 1. The minimum atomic E-state index is -0.496. The Kier molecular flexibility index (Phi) is 6.47. The van der Waals surface area contributed by atoms with Gasteiger partial charge in [0.15, 0.2) is 18.1 Å². The highest BCUT2D eigenvalue weighted by Gasteiger charge is 2.12. The molecule has 8 nitrogen and oxygen atoms in total. The summed E-state index contributed by atoms with van der Waals surface area (Å²) in [5.74, 6) is 0.334. The lowest BCUT2D eigenvalue weighted by Gasteiger charge is -2.18. The van der Waals surface area contributed by atoms with Crippen molar-refractivity contribution in [2.24, 2.45) is 5.16 Å². The summed E-state index contributed by atoms with van der Waals surface area (Å²) in [5, 5.41) is 8.77. The molecule has 0 aliphatic carbocycles. The highest BCUT2D eigenvalue weighted by molar-refractivity contribution is 14.1. The normalized spacial score (nSPS) is 12.5. The van der Waals surface area contributed by atoms with Crippen molar-refractivity contribution in [1.82, 2.24) is 0 Å². The predicted octanol–water partition coefficient (Wildman–Crippen LogP) is 2.64. The van der Waals surface area contributed by atoms with Crippen LogP contribution in [-0.2, 0) is 14.4 Å². The van der Waals surface area contributed by atoms with Crippen LogP contribution >= 0.6 is 22.6 Å². The van der Waals surface area contributed by atoms with Gasteiger partial charge in [0.25, 0.3) is 11.8 Å². The van der Waals surface area contributed by atoms with Gasteiger partial charge in [-0.25, -0.2) is 0 Å². The molecule has 2 N–H and O–H groups in total. The van der Waals surface area contributed by atoms with Crippen molar-refractivity contribution in [2.75, 3.05) is 30.5 Å². The molecule has 27 heavy (non-hydrogen) atoms. The summed E-state index contributed by atoms with van der Waals surface area (Å²) in [6, 6.07) is 12.4. The summed E-state index contributed by atoms with van der Waals surface area (Å²) in [6.07, 6.45) is 0.953. The van der Waals surface area contributed by atoms with Gasteiger partial charge in [-0.15, -0.1) is 0 Å². The molecule has 9 heteroatoms. The van der Waals surface area contributed by atoms with E-state index in [1.165, 1.54) is 0 Å². The Morgan fingerprint density at radius 2 is 1.74 bits per heavy atom. The molecule has 2 aromatic rings. The molecule has 0 atom stereocenters. The minimum absolute atomic E-state index is 0.306. The molecule has 0 unspecified atom stereocenters. The maximum Gasteiger partial charge on any atom is 0.270 e. The van der Waals surface area contributed by atoms with E-state index in [4.69, 9.17) is 14.3 Å². The lowest BCUT2D eigenvalue weighted by Crippen LogP contribution is -2.18. The van der Waals surface area contributed by atoms with Gasteiger partial charge in [0.1, 0.15) is 19.4 Å². The summed E-state index contributed by atoms with van der Waals surface area (Å²) in [4.78, 5) is 28.4. The Bertz CT molecular complexity index is 855. The quantitative estimate of drug-likeness (QED) is 0.376. The number of rotatable bonds is 6. The first kappa shape index (κ1) is 19.0. The van der Waals surface area contributed by atoms with Crippen LogP contribution in [0.3, 0.4) is 0 Å². The third kappa shape index (κ3) is 5.84. The number of oxime groups is 1. The van der Waals surface area contributed by atoms with E-state index in [9.17, 15) is 9.59 Å². The van der Waals surface area contributed by atoms with Crippen molar-refractivity contribution >= 4 is 52.0 Å². The molecule has 140 valence electrons. The molecule has 2 amide bonds. The molecule has 0 aromatic heterocycles. The van der Waals surface area contributed by atoms with Crippen LogP contribution in [0, 0.1) is 3.57 Å². The molecule has 0 spiro atoms. The fraction of sp³-hybridized carbons (Fsp3) is 0.167. The average Bonchev–Trinajstić information content (AvgIpc) is 2.67. The summed E-state index contributed by atoms with van der Waals surface area (Å²) in [7, 11) is 0. The molecule has 1 aliphatic heterocycles. The maximum absolute atomic E-state index is 11.8. The van der Waals surface area contributed by atoms with Crippen molar-refractivity contribution < 1.29 is 23.9 Å². The molecule has 3 rings (SSSR count). The second-order valence-corrected chi connectivity index (χ2v) is 6.66. The number of anilines is 2. The van der Waals surface area contributed by atoms with Crippen LogP contribution in [0.15, 0.2) is 47.6 Å². The lowest BCUT2D eigenvalue weighted by molar-refractivity contribution is -0.120. The van der Waals surface area contributed by atoms with Crippen LogP contribution in [0.25, 0.3) is 0 Å². The Balaban J connectivity index is 1.42. The number of halogens is 1. The van der Waals surface area contributed by atoms with Crippen LogP contribution in [0.1, 0.15) is 0 Å². The van der Waals surface area contributed by atoms with Crippen LogP contribution in [0.4, 0.5) is 11.4 Å². The van der Waals surface area contributed by atoms with Gasteiger partial charge in [0.2, 0.25) is 0 Å². The highest BCUT2D eigenvalue weighted by atomic mass is 127. The molecule has 1 aliphatic rings. The maximum atomic E-state index is 11.8. The van der Waals surface area contributed by atoms with Crippen LogP contribution in [-0.4, -0.2) is 37.8 Å². The van der Waals surface area contributed by atoms with Crippen molar-refractivity contribution in [1.29, 1.82) is 0 Å². The van der Waals surface area contributed by atoms with Gasteiger partial charge in [-0.05, 0) is 59.0 Å². The summed E-state index contributed by atoms with van der Waals surface area (Å²) in [6.45, 7) is 0.656. The molecule has 2 aromatic carbocycles. The average molecular weight is 481 g/mol. The molecule has 0 saturated heterocycles. The van der Waals surface area contributed by atoms with Gasteiger partial charge in [0, 0.05) is 21.0 Å². The fourth-order valence-corrected chi connectivity index (χ4v) is 2.57. The summed E-state index contributed by atoms with van der Waals surface area (Å²) < 4.78 is 11.9. The molecular formula is C18H16IN3O5. The van der Waals surface area contributed by atoms with Gasteiger partial charge in [-0.3, -0.25) is 9.59 Å². The minimum Gasteiger partial charge on any atom is -0.486 e. The third-order valence-corrected chi connectivity index (χ3v) is 4.10. The van der Waals surface area contributed by atoms with Crippen molar-refractivity contribution in [3.8, 4) is 11.5 Å². The van der Waals surface area contributed by atoms with Crippen LogP contribution in [0.2, 0.25) is 0 Å². The number of nitrogens with one attached hydrogen (secondary N) is 2.